The number of nitrogens with zero attached hydrogens (tertiary/aromatic N) is 1. The number of aryl methyl sites for hydroxylation is 1. The van der Waals surface area contributed by atoms with Crippen molar-refractivity contribution in [1.29, 1.82) is 0 Å². The smallest absolute Gasteiger partial charge is 0.264 e. The third kappa shape index (κ3) is 4.72. The molecule has 2 aromatic rings. The fourth-order valence-corrected chi connectivity index (χ4v) is 3.56. The lowest BCUT2D eigenvalue weighted by molar-refractivity contribution is -0.116. The number of carbonyl (C=O) groups excluding carboxylic acids is 2. The van der Waals surface area contributed by atoms with Gasteiger partial charge in [-0.3, -0.25) is 9.59 Å². The highest BCUT2D eigenvalue weighted by atomic mass is 35.5. The van der Waals surface area contributed by atoms with E-state index in [0.717, 1.165) is 12.0 Å². The first-order valence-electron chi connectivity index (χ1n) is 7.50. The summed E-state index contributed by atoms with van der Waals surface area (Å²) in [4.78, 5) is 27.2. The summed E-state index contributed by atoms with van der Waals surface area (Å²) in [6.07, 6.45) is 0.769. The molecule has 0 radical (unpaired) electrons. The van der Waals surface area contributed by atoms with Gasteiger partial charge in [-0.2, -0.15) is 0 Å². The molecule has 0 aliphatic rings. The minimum atomic E-state index is -0.296. The SMILES string of the molecule is CCCN(CC(=O)Nc1ccc(Cl)cc1Cl)C(=O)c1sccc1C. The number of anilines is 1. The summed E-state index contributed by atoms with van der Waals surface area (Å²) in [7, 11) is 0. The molecule has 1 N–H and O–H groups in total. The van der Waals surface area contributed by atoms with Crippen LogP contribution >= 0.6 is 34.5 Å². The topological polar surface area (TPSA) is 49.4 Å². The first-order chi connectivity index (χ1) is 11.4. The highest BCUT2D eigenvalue weighted by Gasteiger charge is 2.21. The summed E-state index contributed by atoms with van der Waals surface area (Å²) in [6.45, 7) is 4.35. The molecule has 1 aromatic carbocycles. The number of hydrogen-bond donors (Lipinski definition) is 1. The first-order valence-corrected chi connectivity index (χ1v) is 9.14. The van der Waals surface area contributed by atoms with E-state index in [1.807, 2.05) is 25.3 Å². The van der Waals surface area contributed by atoms with E-state index in [9.17, 15) is 9.59 Å². The van der Waals surface area contributed by atoms with Crippen LogP contribution in [0.5, 0.6) is 0 Å². The third-order valence-corrected chi connectivity index (χ3v) is 4.93. The lowest BCUT2D eigenvalue weighted by Gasteiger charge is -2.21. The summed E-state index contributed by atoms with van der Waals surface area (Å²) in [5.41, 5.74) is 1.40. The molecule has 0 atom stereocenters. The quantitative estimate of drug-likeness (QED) is 0.773. The molecule has 0 unspecified atom stereocenters. The molecule has 0 aliphatic carbocycles. The lowest BCUT2D eigenvalue weighted by atomic mass is 10.2. The summed E-state index contributed by atoms with van der Waals surface area (Å²) in [5, 5.41) is 5.45. The van der Waals surface area contributed by atoms with Crippen LogP contribution in [0.2, 0.25) is 10.0 Å². The Balaban J connectivity index is 2.08. The summed E-state index contributed by atoms with van der Waals surface area (Å²) < 4.78 is 0. The maximum atomic E-state index is 12.6. The number of halogens is 2. The number of carbonyl (C=O) groups is 2. The van der Waals surface area contributed by atoms with Crippen molar-refractivity contribution in [3.05, 3.63) is 50.1 Å². The number of hydrogen-bond acceptors (Lipinski definition) is 3. The van der Waals surface area contributed by atoms with Crippen molar-refractivity contribution in [1.82, 2.24) is 4.90 Å². The van der Waals surface area contributed by atoms with E-state index in [2.05, 4.69) is 5.32 Å². The van der Waals surface area contributed by atoms with Gasteiger partial charge in [0.15, 0.2) is 0 Å². The number of rotatable bonds is 6. The molecule has 128 valence electrons. The third-order valence-electron chi connectivity index (χ3n) is 3.38. The molecule has 1 aromatic heterocycles. The van der Waals surface area contributed by atoms with Gasteiger partial charge in [0, 0.05) is 11.6 Å². The molecule has 7 heteroatoms. The van der Waals surface area contributed by atoms with Crippen LogP contribution in [-0.4, -0.2) is 29.8 Å². The second-order valence-electron chi connectivity index (χ2n) is 5.33. The monoisotopic (exact) mass is 384 g/mol. The zero-order valence-corrected chi connectivity index (χ0v) is 15.8. The molecule has 24 heavy (non-hydrogen) atoms. The van der Waals surface area contributed by atoms with E-state index in [-0.39, 0.29) is 18.4 Å². The Hall–Kier alpha value is -1.56. The van der Waals surface area contributed by atoms with Gasteiger partial charge in [0.05, 0.1) is 15.6 Å². The van der Waals surface area contributed by atoms with Gasteiger partial charge < -0.3 is 10.2 Å². The molecule has 4 nitrogen and oxygen atoms in total. The largest absolute Gasteiger partial charge is 0.329 e. The van der Waals surface area contributed by atoms with E-state index < -0.39 is 0 Å². The van der Waals surface area contributed by atoms with Crippen molar-refractivity contribution >= 4 is 52.0 Å². The zero-order valence-electron chi connectivity index (χ0n) is 13.4. The Bertz CT molecular complexity index is 746. The molecule has 0 fully saturated rings. The van der Waals surface area contributed by atoms with Gasteiger partial charge >= 0.3 is 0 Å². The summed E-state index contributed by atoms with van der Waals surface area (Å²) in [6, 6.07) is 6.74. The molecule has 0 bridgehead atoms. The van der Waals surface area contributed by atoms with Gasteiger partial charge in [-0.05, 0) is 48.6 Å². The molecular formula is C17H18Cl2N2O2S. The summed E-state index contributed by atoms with van der Waals surface area (Å²) >= 11 is 13.3. The van der Waals surface area contributed by atoms with E-state index in [1.165, 1.54) is 11.3 Å². The second kappa shape index (κ2) is 8.51. The molecular weight excluding hydrogens is 367 g/mol. The van der Waals surface area contributed by atoms with Crippen LogP contribution in [0, 0.1) is 6.92 Å². The molecule has 0 saturated carbocycles. The fourth-order valence-electron chi connectivity index (χ4n) is 2.21. The van der Waals surface area contributed by atoms with E-state index >= 15 is 0 Å². The van der Waals surface area contributed by atoms with Crippen LogP contribution in [0.15, 0.2) is 29.6 Å². The van der Waals surface area contributed by atoms with Crippen LogP contribution in [-0.2, 0) is 4.79 Å². The Morgan fingerprint density at radius 3 is 2.58 bits per heavy atom. The molecule has 0 spiro atoms. The molecule has 2 amide bonds. The summed E-state index contributed by atoms with van der Waals surface area (Å²) in [5.74, 6) is -0.420. The van der Waals surface area contributed by atoms with Crippen LogP contribution in [0.25, 0.3) is 0 Å². The Morgan fingerprint density at radius 2 is 2.00 bits per heavy atom. The number of benzene rings is 1. The van der Waals surface area contributed by atoms with Crippen molar-refractivity contribution in [2.24, 2.45) is 0 Å². The Morgan fingerprint density at radius 1 is 1.25 bits per heavy atom. The van der Waals surface area contributed by atoms with Crippen LogP contribution in [0.1, 0.15) is 28.6 Å². The average molecular weight is 385 g/mol. The van der Waals surface area contributed by atoms with E-state index in [1.54, 1.807) is 23.1 Å². The van der Waals surface area contributed by atoms with Crippen LogP contribution in [0.3, 0.4) is 0 Å². The molecule has 0 saturated heterocycles. The molecule has 2 rings (SSSR count). The minimum absolute atomic E-state index is 0.0248. The lowest BCUT2D eigenvalue weighted by Crippen LogP contribution is -2.38. The van der Waals surface area contributed by atoms with Gasteiger partial charge in [0.2, 0.25) is 5.91 Å². The van der Waals surface area contributed by atoms with Crippen molar-refractivity contribution in [2.45, 2.75) is 20.3 Å². The van der Waals surface area contributed by atoms with Crippen LogP contribution < -0.4 is 5.32 Å². The average Bonchev–Trinajstić information content (AvgIpc) is 2.95. The number of nitrogens with one attached hydrogen (secondary N) is 1. The maximum Gasteiger partial charge on any atom is 0.264 e. The van der Waals surface area contributed by atoms with Gasteiger partial charge in [0.25, 0.3) is 5.91 Å². The Kier molecular flexibility index (Phi) is 6.66. The molecule has 0 aliphatic heterocycles. The minimum Gasteiger partial charge on any atom is -0.329 e. The Labute approximate surface area is 155 Å². The standard InChI is InChI=1S/C17H18Cl2N2O2S/c1-3-7-21(17(23)16-11(2)6-8-24-16)10-15(22)20-14-5-4-12(18)9-13(14)19/h4-6,8-9H,3,7,10H2,1-2H3,(H,20,22). The van der Waals surface area contributed by atoms with E-state index in [0.29, 0.717) is 27.2 Å². The van der Waals surface area contributed by atoms with E-state index in [4.69, 9.17) is 23.2 Å². The van der Waals surface area contributed by atoms with Crippen molar-refractivity contribution < 1.29 is 9.59 Å². The van der Waals surface area contributed by atoms with Gasteiger partial charge in [-0.1, -0.05) is 30.1 Å². The highest BCUT2D eigenvalue weighted by Crippen LogP contribution is 2.25. The van der Waals surface area contributed by atoms with Gasteiger partial charge in [-0.15, -0.1) is 11.3 Å². The second-order valence-corrected chi connectivity index (χ2v) is 7.09. The molecule has 1 heterocycles. The normalized spacial score (nSPS) is 10.5. The zero-order chi connectivity index (χ0) is 17.7. The predicted octanol–water partition coefficient (Wildman–Crippen LogP) is 4.85. The van der Waals surface area contributed by atoms with Gasteiger partial charge in [0.1, 0.15) is 6.54 Å². The van der Waals surface area contributed by atoms with Crippen molar-refractivity contribution in [2.75, 3.05) is 18.4 Å². The maximum absolute atomic E-state index is 12.6. The van der Waals surface area contributed by atoms with Gasteiger partial charge in [-0.25, -0.2) is 0 Å². The fraction of sp³-hybridized carbons (Fsp3) is 0.294. The number of amides is 2. The predicted molar refractivity (Wildman–Crippen MR) is 100 cm³/mol. The van der Waals surface area contributed by atoms with Crippen molar-refractivity contribution in [3.8, 4) is 0 Å². The highest BCUT2D eigenvalue weighted by molar-refractivity contribution is 7.12. The number of thiophene rings is 1. The van der Waals surface area contributed by atoms with Crippen LogP contribution in [0.4, 0.5) is 5.69 Å². The first kappa shape index (κ1) is 18.8. The van der Waals surface area contributed by atoms with Crippen molar-refractivity contribution in [3.63, 3.8) is 0 Å².